The normalized spacial score (nSPS) is 47.2. The number of fused-ring (bicyclic) bond motifs is 3. The molecule has 0 saturated carbocycles. The fraction of sp³-hybridized carbons (Fsp3) is 0.952. The molecule has 0 bridgehead atoms. The third-order valence-corrected chi connectivity index (χ3v) is 8.57. The van der Waals surface area contributed by atoms with Crippen LogP contribution >= 0.6 is 0 Å². The summed E-state index contributed by atoms with van der Waals surface area (Å²) in [5.74, 6) is 0.919. The number of nitrogens with zero attached hydrogens (tertiary/aromatic N) is 3. The van der Waals surface area contributed by atoms with Crippen LogP contribution in [0.25, 0.3) is 0 Å². The summed E-state index contributed by atoms with van der Waals surface area (Å²) in [6.45, 7) is 7.85. The Balaban J connectivity index is 1.18. The second-order valence-corrected chi connectivity index (χ2v) is 9.91. The lowest BCUT2D eigenvalue weighted by atomic mass is 9.87. The van der Waals surface area contributed by atoms with Crippen molar-refractivity contribution in [2.75, 3.05) is 52.5 Å². The third-order valence-electron chi connectivity index (χ3n) is 8.57. The predicted octanol–water partition coefficient (Wildman–Crippen LogP) is -0.525. The fourth-order valence-corrected chi connectivity index (χ4v) is 7.33. The first kappa shape index (κ1) is 18.1. The molecule has 7 unspecified atom stereocenters. The van der Waals surface area contributed by atoms with E-state index in [-0.39, 0.29) is 0 Å². The molecule has 6 fully saturated rings. The molecule has 7 atom stereocenters. The van der Waals surface area contributed by atoms with E-state index in [1.165, 1.54) is 45.2 Å². The number of hydrogen-bond donors (Lipinski definition) is 2. The number of morpholine rings is 1. The maximum atomic E-state index is 12.3. The standard InChI is InChI=1S/C21H35N5O2/c27-20-10-22-8-16-7-14(11-26(16)20)18-9-23-21(17-4-2-6-25(17)18)19-13-28-12-15-3-1-5-24(15)19/h14-19,21-23H,1-13H2. The monoisotopic (exact) mass is 389 g/mol. The molecule has 0 aromatic rings. The predicted molar refractivity (Wildman–Crippen MR) is 106 cm³/mol. The smallest absolute Gasteiger partial charge is 0.236 e. The van der Waals surface area contributed by atoms with Crippen LogP contribution in [0.1, 0.15) is 32.1 Å². The Hall–Kier alpha value is -0.730. The van der Waals surface area contributed by atoms with Gasteiger partial charge in [-0.1, -0.05) is 0 Å². The number of amides is 1. The van der Waals surface area contributed by atoms with Crippen molar-refractivity contribution in [3.8, 4) is 0 Å². The van der Waals surface area contributed by atoms with Crippen LogP contribution in [0.5, 0.6) is 0 Å². The summed E-state index contributed by atoms with van der Waals surface area (Å²) in [6.07, 6.45) is 6.43. The van der Waals surface area contributed by atoms with Gasteiger partial charge in [-0.2, -0.15) is 0 Å². The quantitative estimate of drug-likeness (QED) is 0.663. The molecule has 6 heterocycles. The van der Waals surface area contributed by atoms with Gasteiger partial charge in [-0.15, -0.1) is 0 Å². The van der Waals surface area contributed by atoms with Crippen molar-refractivity contribution < 1.29 is 9.53 Å². The van der Waals surface area contributed by atoms with Crippen LogP contribution in [0, 0.1) is 5.92 Å². The van der Waals surface area contributed by atoms with E-state index in [2.05, 4.69) is 25.3 Å². The van der Waals surface area contributed by atoms with Crippen molar-refractivity contribution >= 4 is 5.91 Å². The summed E-state index contributed by atoms with van der Waals surface area (Å²) in [7, 11) is 0. The first-order valence-corrected chi connectivity index (χ1v) is 11.6. The second-order valence-electron chi connectivity index (χ2n) is 9.91. The second kappa shape index (κ2) is 7.20. The van der Waals surface area contributed by atoms with Gasteiger partial charge in [0.05, 0.1) is 25.8 Å². The third kappa shape index (κ3) is 2.85. The van der Waals surface area contributed by atoms with E-state index in [9.17, 15) is 4.79 Å². The van der Waals surface area contributed by atoms with Gasteiger partial charge >= 0.3 is 0 Å². The number of hydrogen-bond acceptors (Lipinski definition) is 6. The molecule has 6 aliphatic heterocycles. The van der Waals surface area contributed by atoms with Gasteiger partial charge in [0.1, 0.15) is 0 Å². The Morgan fingerprint density at radius 2 is 1.82 bits per heavy atom. The van der Waals surface area contributed by atoms with Gasteiger partial charge in [0.15, 0.2) is 0 Å². The molecule has 1 amide bonds. The zero-order chi connectivity index (χ0) is 18.7. The van der Waals surface area contributed by atoms with E-state index in [1.807, 2.05) is 0 Å². The van der Waals surface area contributed by atoms with Gasteiger partial charge in [0.2, 0.25) is 5.91 Å². The highest BCUT2D eigenvalue weighted by atomic mass is 16.5. The number of rotatable bonds is 2. The van der Waals surface area contributed by atoms with E-state index in [0.717, 1.165) is 32.8 Å². The Kier molecular flexibility index (Phi) is 4.65. The highest BCUT2D eigenvalue weighted by Gasteiger charge is 2.51. The van der Waals surface area contributed by atoms with Crippen LogP contribution in [0.15, 0.2) is 0 Å². The number of piperazine rings is 2. The SMILES string of the molecule is O=C1CNCC2CC(C3CNC(C4COCC5CCCN54)C4CCCN34)CN12. The lowest BCUT2D eigenvalue weighted by molar-refractivity contribution is -0.133. The molecule has 0 aliphatic carbocycles. The van der Waals surface area contributed by atoms with Crippen molar-refractivity contribution in [2.24, 2.45) is 5.92 Å². The van der Waals surface area contributed by atoms with Crippen molar-refractivity contribution in [2.45, 2.75) is 68.4 Å². The summed E-state index contributed by atoms with van der Waals surface area (Å²) in [5.41, 5.74) is 0. The van der Waals surface area contributed by atoms with Crippen LogP contribution in [0.3, 0.4) is 0 Å². The van der Waals surface area contributed by atoms with E-state index in [0.29, 0.717) is 54.6 Å². The van der Waals surface area contributed by atoms with Crippen molar-refractivity contribution in [1.82, 2.24) is 25.3 Å². The molecule has 7 nitrogen and oxygen atoms in total. The lowest BCUT2D eigenvalue weighted by Crippen LogP contribution is -2.70. The van der Waals surface area contributed by atoms with Gasteiger partial charge in [-0.25, -0.2) is 0 Å². The summed E-state index contributed by atoms with van der Waals surface area (Å²) >= 11 is 0. The topological polar surface area (TPSA) is 60.1 Å². The zero-order valence-corrected chi connectivity index (χ0v) is 16.9. The molecule has 0 radical (unpaired) electrons. The molecule has 2 N–H and O–H groups in total. The minimum Gasteiger partial charge on any atom is -0.378 e. The Labute approximate surface area is 168 Å². The fourth-order valence-electron chi connectivity index (χ4n) is 7.33. The number of ether oxygens (including phenoxy) is 1. The first-order chi connectivity index (χ1) is 13.8. The minimum atomic E-state index is 0.304. The number of nitrogens with one attached hydrogen (secondary N) is 2. The maximum absolute atomic E-state index is 12.3. The van der Waals surface area contributed by atoms with Gasteiger partial charge in [-0.3, -0.25) is 14.6 Å². The van der Waals surface area contributed by atoms with Crippen molar-refractivity contribution in [3.05, 3.63) is 0 Å². The van der Waals surface area contributed by atoms with E-state index < -0.39 is 0 Å². The molecule has 0 aromatic heterocycles. The molecular weight excluding hydrogens is 354 g/mol. The van der Waals surface area contributed by atoms with E-state index in [1.54, 1.807) is 0 Å². The molecule has 6 rings (SSSR count). The first-order valence-electron chi connectivity index (χ1n) is 11.6. The minimum absolute atomic E-state index is 0.304. The zero-order valence-electron chi connectivity index (χ0n) is 16.9. The molecule has 28 heavy (non-hydrogen) atoms. The summed E-state index contributed by atoms with van der Waals surface area (Å²) in [6, 6.07) is 3.36. The average molecular weight is 390 g/mol. The highest BCUT2D eigenvalue weighted by molar-refractivity contribution is 5.79. The van der Waals surface area contributed by atoms with Crippen molar-refractivity contribution in [3.63, 3.8) is 0 Å². The van der Waals surface area contributed by atoms with Crippen LogP contribution in [-0.2, 0) is 9.53 Å². The Morgan fingerprint density at radius 3 is 2.75 bits per heavy atom. The molecule has 6 aliphatic rings. The largest absolute Gasteiger partial charge is 0.378 e. The van der Waals surface area contributed by atoms with Crippen LogP contribution in [0.4, 0.5) is 0 Å². The molecule has 7 heteroatoms. The average Bonchev–Trinajstić information content (AvgIpc) is 3.45. The molecule has 0 aromatic carbocycles. The molecule has 156 valence electrons. The van der Waals surface area contributed by atoms with Gasteiger partial charge in [-0.05, 0) is 51.1 Å². The van der Waals surface area contributed by atoms with Crippen LogP contribution in [0.2, 0.25) is 0 Å². The van der Waals surface area contributed by atoms with Crippen molar-refractivity contribution in [1.29, 1.82) is 0 Å². The molecule has 6 saturated heterocycles. The Morgan fingerprint density at radius 1 is 0.929 bits per heavy atom. The summed E-state index contributed by atoms with van der Waals surface area (Å²) in [4.78, 5) is 20.1. The van der Waals surface area contributed by atoms with Gasteiger partial charge in [0.25, 0.3) is 0 Å². The number of carbonyl (C=O) groups excluding carboxylic acids is 1. The van der Waals surface area contributed by atoms with Gasteiger partial charge < -0.3 is 20.3 Å². The maximum Gasteiger partial charge on any atom is 0.236 e. The highest BCUT2D eigenvalue weighted by Crippen LogP contribution is 2.38. The van der Waals surface area contributed by atoms with Crippen LogP contribution < -0.4 is 10.6 Å². The van der Waals surface area contributed by atoms with Crippen LogP contribution in [-0.4, -0.2) is 109 Å². The van der Waals surface area contributed by atoms with Gasteiger partial charge in [0, 0.05) is 49.8 Å². The van der Waals surface area contributed by atoms with E-state index in [4.69, 9.17) is 4.74 Å². The number of carbonyl (C=O) groups is 1. The molecular formula is C21H35N5O2. The summed E-state index contributed by atoms with van der Waals surface area (Å²) in [5, 5.41) is 7.32. The lowest BCUT2D eigenvalue weighted by Gasteiger charge is -2.51. The molecule has 0 spiro atoms. The Bertz CT molecular complexity index is 618. The van der Waals surface area contributed by atoms with E-state index >= 15 is 0 Å². The summed E-state index contributed by atoms with van der Waals surface area (Å²) < 4.78 is 6.05.